The Morgan fingerprint density at radius 1 is 1.03 bits per heavy atom. The molecule has 0 aliphatic carbocycles. The van der Waals surface area contributed by atoms with Crippen molar-refractivity contribution in [3.8, 4) is 0 Å². The summed E-state index contributed by atoms with van der Waals surface area (Å²) < 4.78 is 26.7. The van der Waals surface area contributed by atoms with Gasteiger partial charge in [-0.15, -0.1) is 0 Å². The lowest BCUT2D eigenvalue weighted by Crippen LogP contribution is -2.46. The first kappa shape index (κ1) is 25.6. The van der Waals surface area contributed by atoms with Gasteiger partial charge in [0.1, 0.15) is 11.6 Å². The molecular weight excluding hydrogens is 482 g/mol. The van der Waals surface area contributed by atoms with Crippen molar-refractivity contribution in [3.63, 3.8) is 0 Å². The highest BCUT2D eigenvalue weighted by atomic mass is 19.1. The second kappa shape index (κ2) is 11.1. The molecule has 1 atom stereocenters. The fraction of sp³-hybridized carbons (Fsp3) is 0.185. The number of hydroxylamine groups is 2. The lowest BCUT2D eigenvalue weighted by atomic mass is 10.0. The molecule has 1 heterocycles. The van der Waals surface area contributed by atoms with Crippen LogP contribution in [0.25, 0.3) is 0 Å². The number of nitrogens with one attached hydrogen (secondary N) is 1. The minimum Gasteiger partial charge on any atom is -0.326 e. The molecule has 4 rings (SSSR count). The quantitative estimate of drug-likeness (QED) is 0.380. The molecule has 0 spiro atoms. The number of halogens is 2. The first-order chi connectivity index (χ1) is 17.7. The van der Waals surface area contributed by atoms with Crippen molar-refractivity contribution in [2.24, 2.45) is 4.99 Å². The molecule has 37 heavy (non-hydrogen) atoms. The van der Waals surface area contributed by atoms with Gasteiger partial charge in [-0.3, -0.25) is 19.6 Å². The molecule has 1 unspecified atom stereocenters. The van der Waals surface area contributed by atoms with Crippen molar-refractivity contribution in [2.45, 2.75) is 19.0 Å². The summed E-state index contributed by atoms with van der Waals surface area (Å²) in [5.41, 5.74) is 2.69. The molecule has 3 aromatic carbocycles. The largest absolute Gasteiger partial charge is 0.326 e. The lowest BCUT2D eigenvalue weighted by molar-refractivity contribution is -0.165. The van der Waals surface area contributed by atoms with E-state index in [-0.39, 0.29) is 12.0 Å². The van der Waals surface area contributed by atoms with E-state index in [0.29, 0.717) is 22.5 Å². The molecule has 0 aromatic heterocycles. The van der Waals surface area contributed by atoms with Gasteiger partial charge in [-0.25, -0.2) is 18.8 Å². The molecule has 8 nitrogen and oxygen atoms in total. The topological polar surface area (TPSA) is 102 Å². The number of likely N-dealkylation sites (N-methyl/N-ethyl adjacent to an activating group) is 1. The van der Waals surface area contributed by atoms with Gasteiger partial charge in [0, 0.05) is 30.7 Å². The molecular formula is C27H24F2N4O4. The van der Waals surface area contributed by atoms with Crippen LogP contribution in [0.15, 0.2) is 77.8 Å². The van der Waals surface area contributed by atoms with Gasteiger partial charge in [0.15, 0.2) is 0 Å². The van der Waals surface area contributed by atoms with Crippen LogP contribution in [0, 0.1) is 11.6 Å². The van der Waals surface area contributed by atoms with E-state index in [4.69, 9.17) is 0 Å². The number of anilines is 1. The van der Waals surface area contributed by atoms with E-state index >= 15 is 0 Å². The fourth-order valence-corrected chi connectivity index (χ4v) is 3.98. The number of fused-ring (bicyclic) bond motifs is 1. The van der Waals surface area contributed by atoms with Gasteiger partial charge in [0.05, 0.1) is 24.4 Å². The standard InChI is InChI=1S/C27H24F2N4O4/c1-32-22-10-6-5-9-21(22)25(18-7-3-2-4-8-18)31-26(27(32)36)30-23(34)11-12-33(37)24(35)15-17-13-19(28)16-20(29)14-17/h2-10,13-14,16,26,37H,11-12,15H2,1H3,(H,30,34). The molecule has 0 saturated heterocycles. The van der Waals surface area contributed by atoms with Crippen LogP contribution < -0.4 is 10.2 Å². The number of hydrogen-bond acceptors (Lipinski definition) is 5. The third kappa shape index (κ3) is 6.04. The lowest BCUT2D eigenvalue weighted by Gasteiger charge is -2.21. The molecule has 1 aliphatic rings. The zero-order chi connectivity index (χ0) is 26.5. The minimum absolute atomic E-state index is 0.0421. The number of benzodiazepines with no additional fused rings is 1. The van der Waals surface area contributed by atoms with Crippen molar-refractivity contribution in [3.05, 3.63) is 101 Å². The predicted octanol–water partition coefficient (Wildman–Crippen LogP) is 3.07. The van der Waals surface area contributed by atoms with E-state index in [1.54, 1.807) is 19.2 Å². The van der Waals surface area contributed by atoms with Crippen LogP contribution in [-0.4, -0.2) is 53.5 Å². The van der Waals surface area contributed by atoms with E-state index in [1.165, 1.54) is 4.90 Å². The van der Waals surface area contributed by atoms with Gasteiger partial charge in [-0.2, -0.15) is 0 Å². The molecule has 190 valence electrons. The van der Waals surface area contributed by atoms with Crippen LogP contribution >= 0.6 is 0 Å². The van der Waals surface area contributed by atoms with Crippen LogP contribution in [0.4, 0.5) is 14.5 Å². The smallest absolute Gasteiger partial charge is 0.272 e. The summed E-state index contributed by atoms with van der Waals surface area (Å²) in [6, 6.07) is 19.1. The molecule has 0 saturated carbocycles. The van der Waals surface area contributed by atoms with Crippen molar-refractivity contribution < 1.29 is 28.4 Å². The predicted molar refractivity (Wildman–Crippen MR) is 132 cm³/mol. The molecule has 1 aliphatic heterocycles. The summed E-state index contributed by atoms with van der Waals surface area (Å²) in [6.07, 6.45) is -2.03. The summed E-state index contributed by atoms with van der Waals surface area (Å²) in [7, 11) is 1.59. The highest BCUT2D eigenvalue weighted by Gasteiger charge is 2.31. The fourth-order valence-electron chi connectivity index (χ4n) is 3.98. The summed E-state index contributed by atoms with van der Waals surface area (Å²) >= 11 is 0. The summed E-state index contributed by atoms with van der Waals surface area (Å²) in [5.74, 6) is -3.62. The molecule has 0 bridgehead atoms. The Morgan fingerprint density at radius 3 is 2.38 bits per heavy atom. The zero-order valence-corrected chi connectivity index (χ0v) is 19.9. The van der Waals surface area contributed by atoms with Crippen LogP contribution in [0.1, 0.15) is 23.1 Å². The van der Waals surface area contributed by atoms with Crippen molar-refractivity contribution in [1.82, 2.24) is 10.4 Å². The monoisotopic (exact) mass is 506 g/mol. The first-order valence-electron chi connectivity index (χ1n) is 11.5. The number of carbonyl (C=O) groups is 3. The Hall–Kier alpha value is -4.44. The minimum atomic E-state index is -1.24. The average molecular weight is 507 g/mol. The normalized spacial score (nSPS) is 14.9. The van der Waals surface area contributed by atoms with Crippen molar-refractivity contribution >= 4 is 29.1 Å². The number of hydrogen-bond donors (Lipinski definition) is 2. The average Bonchev–Trinajstić information content (AvgIpc) is 2.98. The SMILES string of the molecule is CN1C(=O)C(NC(=O)CCN(O)C(=O)Cc2cc(F)cc(F)c2)N=C(c2ccccc2)c2ccccc21. The maximum Gasteiger partial charge on any atom is 0.272 e. The summed E-state index contributed by atoms with van der Waals surface area (Å²) in [6.45, 7) is -0.394. The number of benzene rings is 3. The molecule has 10 heteroatoms. The highest BCUT2D eigenvalue weighted by Crippen LogP contribution is 2.27. The van der Waals surface area contributed by atoms with Gasteiger partial charge in [-0.05, 0) is 23.8 Å². The van der Waals surface area contributed by atoms with E-state index in [1.807, 2.05) is 42.5 Å². The molecule has 0 fully saturated rings. The number of amides is 3. The molecule has 3 aromatic rings. The van der Waals surface area contributed by atoms with Crippen LogP contribution in [0.3, 0.4) is 0 Å². The van der Waals surface area contributed by atoms with Crippen LogP contribution in [0.2, 0.25) is 0 Å². The van der Waals surface area contributed by atoms with E-state index in [2.05, 4.69) is 10.3 Å². The maximum atomic E-state index is 13.3. The molecule has 0 radical (unpaired) electrons. The van der Waals surface area contributed by atoms with Crippen molar-refractivity contribution in [1.29, 1.82) is 0 Å². The second-order valence-corrected chi connectivity index (χ2v) is 8.45. The second-order valence-electron chi connectivity index (χ2n) is 8.45. The maximum absolute atomic E-state index is 13.3. The summed E-state index contributed by atoms with van der Waals surface area (Å²) in [4.78, 5) is 44.0. The number of carbonyl (C=O) groups excluding carboxylic acids is 3. The third-order valence-corrected chi connectivity index (χ3v) is 5.80. The number of aliphatic imine (C=N–C) groups is 1. The Kier molecular flexibility index (Phi) is 7.69. The zero-order valence-electron chi connectivity index (χ0n) is 19.9. The molecule has 2 N–H and O–H groups in total. The first-order valence-corrected chi connectivity index (χ1v) is 11.5. The Labute approximate surface area is 211 Å². The highest BCUT2D eigenvalue weighted by molar-refractivity contribution is 6.20. The van der Waals surface area contributed by atoms with Gasteiger partial charge in [-0.1, -0.05) is 48.5 Å². The number of rotatable bonds is 7. The number of para-hydroxylation sites is 1. The summed E-state index contributed by atoms with van der Waals surface area (Å²) in [5, 5.41) is 12.9. The molecule has 3 amide bonds. The Morgan fingerprint density at radius 2 is 1.68 bits per heavy atom. The Balaban J connectivity index is 1.46. The van der Waals surface area contributed by atoms with Crippen LogP contribution in [0.5, 0.6) is 0 Å². The Bertz CT molecular complexity index is 1340. The van der Waals surface area contributed by atoms with Gasteiger partial charge >= 0.3 is 0 Å². The van der Waals surface area contributed by atoms with E-state index in [0.717, 1.165) is 23.3 Å². The van der Waals surface area contributed by atoms with Crippen molar-refractivity contribution in [2.75, 3.05) is 18.5 Å². The van der Waals surface area contributed by atoms with Gasteiger partial charge < -0.3 is 10.2 Å². The van der Waals surface area contributed by atoms with E-state index in [9.17, 15) is 28.4 Å². The third-order valence-electron chi connectivity index (χ3n) is 5.80. The van der Waals surface area contributed by atoms with Gasteiger partial charge in [0.2, 0.25) is 18.0 Å². The van der Waals surface area contributed by atoms with Gasteiger partial charge in [0.25, 0.3) is 5.91 Å². The number of nitrogens with zero attached hydrogens (tertiary/aromatic N) is 3. The van der Waals surface area contributed by atoms with E-state index < -0.39 is 48.5 Å². The van der Waals surface area contributed by atoms with Crippen LogP contribution in [-0.2, 0) is 20.8 Å².